The molecule has 0 saturated carbocycles. The summed E-state index contributed by atoms with van der Waals surface area (Å²) in [4.78, 5) is 28.6. The van der Waals surface area contributed by atoms with Crippen LogP contribution in [0.2, 0.25) is 0 Å². The number of allylic oxidation sites excluding steroid dienone is 1. The highest BCUT2D eigenvalue weighted by atomic mass is 19.1. The Balaban J connectivity index is 2.03. The van der Waals surface area contributed by atoms with Gasteiger partial charge >= 0.3 is 0 Å². The van der Waals surface area contributed by atoms with E-state index in [4.69, 9.17) is 0 Å². The van der Waals surface area contributed by atoms with Crippen molar-refractivity contribution in [3.63, 3.8) is 0 Å². The summed E-state index contributed by atoms with van der Waals surface area (Å²) >= 11 is 0. The molecular formula is C20H22FN3O2. The molecule has 2 N–H and O–H groups in total. The summed E-state index contributed by atoms with van der Waals surface area (Å²) in [6.07, 6.45) is 3.25. The summed E-state index contributed by atoms with van der Waals surface area (Å²) in [6, 6.07) is 4.23. The van der Waals surface area contributed by atoms with Crippen molar-refractivity contribution in [2.75, 3.05) is 18.4 Å². The molecule has 6 heteroatoms. The molecule has 1 aromatic carbocycles. The van der Waals surface area contributed by atoms with E-state index in [-0.39, 0.29) is 11.7 Å². The number of aromatic amines is 1. The minimum absolute atomic E-state index is 0.0499. The van der Waals surface area contributed by atoms with Crippen LogP contribution in [0.5, 0.6) is 0 Å². The predicted octanol–water partition coefficient (Wildman–Crippen LogP) is 3.61. The fraction of sp³-hybridized carbons (Fsp3) is 0.300. The van der Waals surface area contributed by atoms with E-state index in [0.29, 0.717) is 30.8 Å². The van der Waals surface area contributed by atoms with Crippen LogP contribution in [0, 0.1) is 12.7 Å². The summed E-state index contributed by atoms with van der Waals surface area (Å²) in [6.45, 7) is 7.14. The molecule has 2 heterocycles. The van der Waals surface area contributed by atoms with E-state index in [1.807, 2.05) is 31.7 Å². The number of halogens is 1. The quantitative estimate of drug-likeness (QED) is 0.805. The number of carbonyl (C=O) groups excluding carboxylic acids is 2. The highest BCUT2D eigenvalue weighted by Gasteiger charge is 2.28. The first-order valence-corrected chi connectivity index (χ1v) is 8.65. The molecular weight excluding hydrogens is 333 g/mol. The van der Waals surface area contributed by atoms with Gasteiger partial charge in [0.05, 0.1) is 5.56 Å². The van der Waals surface area contributed by atoms with Gasteiger partial charge in [-0.1, -0.05) is 0 Å². The molecule has 0 fully saturated rings. The monoisotopic (exact) mass is 355 g/mol. The number of carbonyl (C=O) groups is 2. The predicted molar refractivity (Wildman–Crippen MR) is 100 cm³/mol. The second kappa shape index (κ2) is 7.15. The average Bonchev–Trinajstić information content (AvgIpc) is 2.93. The molecule has 1 aliphatic heterocycles. The molecule has 0 saturated heterocycles. The van der Waals surface area contributed by atoms with Crippen LogP contribution in [-0.2, 0) is 11.2 Å². The van der Waals surface area contributed by atoms with Crippen LogP contribution >= 0.6 is 0 Å². The molecule has 0 radical (unpaired) electrons. The number of amides is 2. The SMILES string of the molecule is CCN1CCc2[nH]c(/C=C(\C)c3cc(F)ccc3NC=O)c(C)c2C1=O. The number of anilines is 1. The maximum atomic E-state index is 13.7. The molecule has 2 aromatic rings. The Morgan fingerprint density at radius 1 is 1.42 bits per heavy atom. The van der Waals surface area contributed by atoms with Crippen molar-refractivity contribution in [1.82, 2.24) is 9.88 Å². The fourth-order valence-electron chi connectivity index (χ4n) is 3.44. The van der Waals surface area contributed by atoms with Gasteiger partial charge in [0.1, 0.15) is 5.82 Å². The third kappa shape index (κ3) is 3.14. The molecule has 0 aliphatic carbocycles. The second-order valence-corrected chi connectivity index (χ2v) is 6.43. The number of hydrogen-bond donors (Lipinski definition) is 2. The lowest BCUT2D eigenvalue weighted by molar-refractivity contribution is -0.105. The van der Waals surface area contributed by atoms with E-state index in [2.05, 4.69) is 10.3 Å². The lowest BCUT2D eigenvalue weighted by atomic mass is 10.0. The van der Waals surface area contributed by atoms with E-state index >= 15 is 0 Å². The summed E-state index contributed by atoms with van der Waals surface area (Å²) in [5, 5.41) is 2.59. The van der Waals surface area contributed by atoms with Gasteiger partial charge in [-0.15, -0.1) is 0 Å². The number of likely N-dealkylation sites (N-methyl/N-ethyl adjacent to an activating group) is 1. The second-order valence-electron chi connectivity index (χ2n) is 6.43. The third-order valence-electron chi connectivity index (χ3n) is 4.86. The van der Waals surface area contributed by atoms with Crippen LogP contribution < -0.4 is 5.32 Å². The van der Waals surface area contributed by atoms with Gasteiger partial charge in [0.25, 0.3) is 5.91 Å². The number of rotatable bonds is 5. The van der Waals surface area contributed by atoms with Crippen molar-refractivity contribution in [1.29, 1.82) is 0 Å². The average molecular weight is 355 g/mol. The number of nitrogens with one attached hydrogen (secondary N) is 2. The van der Waals surface area contributed by atoms with Gasteiger partial charge in [-0.05, 0) is 56.2 Å². The zero-order valence-electron chi connectivity index (χ0n) is 15.1. The Morgan fingerprint density at radius 3 is 2.88 bits per heavy atom. The van der Waals surface area contributed by atoms with Crippen LogP contribution in [0.1, 0.15) is 46.7 Å². The molecule has 1 aromatic heterocycles. The van der Waals surface area contributed by atoms with Crippen molar-refractivity contribution in [3.05, 3.63) is 52.1 Å². The van der Waals surface area contributed by atoms with Crippen LogP contribution in [0.25, 0.3) is 11.6 Å². The van der Waals surface area contributed by atoms with E-state index in [1.54, 1.807) is 0 Å². The fourth-order valence-corrected chi connectivity index (χ4v) is 3.44. The van der Waals surface area contributed by atoms with E-state index < -0.39 is 0 Å². The van der Waals surface area contributed by atoms with Crippen molar-refractivity contribution in [3.8, 4) is 0 Å². The highest BCUT2D eigenvalue weighted by molar-refractivity contribution is 5.99. The molecule has 2 amide bonds. The number of nitrogens with zero attached hydrogens (tertiary/aromatic N) is 1. The Bertz CT molecular complexity index is 899. The van der Waals surface area contributed by atoms with Crippen molar-refractivity contribution >= 4 is 29.7 Å². The standard InChI is InChI=1S/C20H22FN3O2/c1-4-24-8-7-17-19(20(24)26)13(3)18(23-17)9-12(2)15-10-14(21)5-6-16(15)22-11-25/h5-6,9-11,23H,4,7-8H2,1-3H3,(H,22,25)/b12-9+. The van der Waals surface area contributed by atoms with Gasteiger partial charge in [-0.2, -0.15) is 0 Å². The lowest BCUT2D eigenvalue weighted by Gasteiger charge is -2.25. The smallest absolute Gasteiger partial charge is 0.255 e. The molecule has 1 aliphatic rings. The van der Waals surface area contributed by atoms with Crippen LogP contribution in [0.3, 0.4) is 0 Å². The van der Waals surface area contributed by atoms with E-state index in [1.165, 1.54) is 18.2 Å². The normalized spacial score (nSPS) is 14.4. The molecule has 136 valence electrons. The molecule has 3 rings (SSSR count). The van der Waals surface area contributed by atoms with E-state index in [0.717, 1.165) is 34.5 Å². The number of H-pyrrole nitrogens is 1. The van der Waals surface area contributed by atoms with Gasteiger partial charge in [0.2, 0.25) is 6.41 Å². The number of fused-ring (bicyclic) bond motifs is 1. The largest absolute Gasteiger partial charge is 0.358 e. The van der Waals surface area contributed by atoms with Crippen LogP contribution in [0.4, 0.5) is 10.1 Å². The maximum Gasteiger partial charge on any atom is 0.255 e. The van der Waals surface area contributed by atoms with Crippen LogP contribution in [0.15, 0.2) is 18.2 Å². The van der Waals surface area contributed by atoms with Gasteiger partial charge in [0, 0.05) is 42.1 Å². The highest BCUT2D eigenvalue weighted by Crippen LogP contribution is 2.30. The minimum atomic E-state index is -0.375. The number of benzene rings is 1. The Kier molecular flexibility index (Phi) is 4.93. The number of hydrogen-bond acceptors (Lipinski definition) is 2. The van der Waals surface area contributed by atoms with Crippen molar-refractivity contribution < 1.29 is 14.0 Å². The zero-order chi connectivity index (χ0) is 18.8. The van der Waals surface area contributed by atoms with E-state index in [9.17, 15) is 14.0 Å². The van der Waals surface area contributed by atoms with Crippen molar-refractivity contribution in [2.24, 2.45) is 0 Å². The van der Waals surface area contributed by atoms with Gasteiger partial charge in [0.15, 0.2) is 0 Å². The topological polar surface area (TPSA) is 65.2 Å². The lowest BCUT2D eigenvalue weighted by Crippen LogP contribution is -2.37. The van der Waals surface area contributed by atoms with Crippen LogP contribution in [-0.4, -0.2) is 35.3 Å². The maximum absolute atomic E-state index is 13.7. The molecule has 5 nitrogen and oxygen atoms in total. The summed E-state index contributed by atoms with van der Waals surface area (Å²) in [5.74, 6) is -0.325. The summed E-state index contributed by atoms with van der Waals surface area (Å²) < 4.78 is 13.7. The van der Waals surface area contributed by atoms with Gasteiger partial charge in [-0.25, -0.2) is 4.39 Å². The number of aromatic nitrogens is 1. The molecule has 0 bridgehead atoms. The molecule has 26 heavy (non-hydrogen) atoms. The minimum Gasteiger partial charge on any atom is -0.358 e. The first-order chi connectivity index (χ1) is 12.5. The van der Waals surface area contributed by atoms with Gasteiger partial charge < -0.3 is 15.2 Å². The first-order valence-electron chi connectivity index (χ1n) is 8.65. The molecule has 0 unspecified atom stereocenters. The third-order valence-corrected chi connectivity index (χ3v) is 4.86. The Hall–Kier alpha value is -2.89. The summed E-state index contributed by atoms with van der Waals surface area (Å²) in [7, 11) is 0. The summed E-state index contributed by atoms with van der Waals surface area (Å²) in [5.41, 5.74) is 5.34. The molecule has 0 spiro atoms. The Labute approximate surface area is 151 Å². The molecule has 0 atom stereocenters. The van der Waals surface area contributed by atoms with Crippen molar-refractivity contribution in [2.45, 2.75) is 27.2 Å². The Morgan fingerprint density at radius 2 is 2.19 bits per heavy atom. The van der Waals surface area contributed by atoms with Gasteiger partial charge in [-0.3, -0.25) is 9.59 Å². The zero-order valence-corrected chi connectivity index (χ0v) is 15.1. The first kappa shape index (κ1) is 17.9.